The van der Waals surface area contributed by atoms with Crippen LogP contribution in [0.1, 0.15) is 29.7 Å². The van der Waals surface area contributed by atoms with Gasteiger partial charge in [0.15, 0.2) is 0 Å². The van der Waals surface area contributed by atoms with Crippen LogP contribution in [0.5, 0.6) is 0 Å². The summed E-state index contributed by atoms with van der Waals surface area (Å²) in [5, 5.41) is 21.6. The monoisotopic (exact) mass is 1380 g/mol. The normalized spacial score (nSPS) is 9.77. The third-order valence-electron chi connectivity index (χ3n) is 10.3. The second kappa shape index (κ2) is 31.5. The molecule has 0 aliphatic carbocycles. The predicted octanol–water partition coefficient (Wildman–Crippen LogP) is 6.47. The van der Waals surface area contributed by atoms with Gasteiger partial charge in [-0.05, 0) is 35.7 Å². The molecule has 18 heteroatoms. The third-order valence-corrected chi connectivity index (χ3v) is 10.3. The van der Waals surface area contributed by atoms with Gasteiger partial charge in [-0.15, -0.1) is 0 Å². The second-order valence-corrected chi connectivity index (χ2v) is 16.6. The van der Waals surface area contributed by atoms with Crippen LogP contribution >= 0.6 is 0 Å². The van der Waals surface area contributed by atoms with Crippen LogP contribution in [0.3, 0.4) is 0 Å². The number of imidazole rings is 4. The minimum atomic E-state index is 0. The molecule has 12 rings (SSSR count). The van der Waals surface area contributed by atoms with E-state index in [9.17, 15) is 0 Å². The Kier molecular flexibility index (Phi) is 25.0. The van der Waals surface area contributed by atoms with E-state index in [4.69, 9.17) is 0 Å². The maximum atomic E-state index is 4.08. The molecule has 0 spiro atoms. The number of aromatic nitrogens is 16. The Morgan fingerprint density at radius 2 is 0.688 bits per heavy atom. The van der Waals surface area contributed by atoms with Crippen molar-refractivity contribution in [3.63, 3.8) is 0 Å². The van der Waals surface area contributed by atoms with Crippen LogP contribution < -0.4 is 28.5 Å². The number of benzene rings is 4. The first-order valence-corrected chi connectivity index (χ1v) is 23.2. The van der Waals surface area contributed by atoms with Crippen LogP contribution in [0.15, 0.2) is 184 Å². The first kappa shape index (κ1) is 61.1. The summed E-state index contributed by atoms with van der Waals surface area (Å²) in [6.45, 7) is 8.22. The van der Waals surface area contributed by atoms with E-state index in [0.717, 1.165) is 34.1 Å². The summed E-state index contributed by atoms with van der Waals surface area (Å²) in [6, 6.07) is 48.3. The molecule has 398 valence electrons. The summed E-state index contributed by atoms with van der Waals surface area (Å²) in [4.78, 5) is 8.16. The molecule has 0 saturated carbocycles. The molecule has 0 saturated heterocycles. The van der Waals surface area contributed by atoms with E-state index in [1.807, 2.05) is 199 Å². The van der Waals surface area contributed by atoms with Crippen LogP contribution in [-0.2, 0) is 68.4 Å². The smallest absolute Gasteiger partial charge is 0.241 e. The average molecular weight is 1380 g/mol. The summed E-state index contributed by atoms with van der Waals surface area (Å²) in [7, 11) is 7.80. The third kappa shape index (κ3) is 19.7. The van der Waals surface area contributed by atoms with Gasteiger partial charge in [0.05, 0.1) is 39.6 Å². The van der Waals surface area contributed by atoms with Crippen LogP contribution in [0, 0.1) is 77.3 Å². The van der Waals surface area contributed by atoms with Crippen molar-refractivity contribution in [1.82, 2.24) is 59.1 Å². The van der Waals surface area contributed by atoms with Crippen LogP contribution in [0.2, 0.25) is 0 Å². The molecule has 12 aromatic rings. The minimum absolute atomic E-state index is 0. The molecule has 4 aromatic carbocycles. The van der Waals surface area contributed by atoms with Crippen LogP contribution in [-0.4, -0.2) is 48.9 Å². The van der Waals surface area contributed by atoms with E-state index in [0.29, 0.717) is 11.4 Å². The summed E-state index contributed by atoms with van der Waals surface area (Å²) >= 11 is 0. The van der Waals surface area contributed by atoms with Crippen LogP contribution in [0.4, 0.5) is 0 Å². The molecule has 0 N–H and O–H groups in total. The maximum absolute atomic E-state index is 4.08. The number of nitrogens with zero attached hydrogens (tertiary/aromatic N) is 16. The quantitative estimate of drug-likeness (QED) is 0.137. The van der Waals surface area contributed by atoms with Crippen molar-refractivity contribution in [3.8, 4) is 45.5 Å². The summed E-state index contributed by atoms with van der Waals surface area (Å²) in [6.07, 6.45) is 34.7. The average Bonchev–Trinajstić information content (AvgIpc) is 4.31. The Balaban J connectivity index is 0.000000198. The largest absolute Gasteiger partial charge is 0.358 e. The Morgan fingerprint density at radius 3 is 0.870 bits per heavy atom. The standard InChI is InChI=1S/4C11H11N2.2C7H5N4.CH4.2Ir/c4*1-10-3-5-11(6-4-10)13-8-7-12(2)9-13;2*1-2-4-8-6(3-1)7-5-9-11-10-7;;;/h4*3-5,7-8H,1-2H3;2*1-5H;1H4;;/q6*-1;;;. The Labute approximate surface area is 478 Å². The fraction of sp³-hybridized carbons (Fsp3) is 0.153. The fourth-order valence-electron chi connectivity index (χ4n) is 6.35. The SMILES string of the molecule is C.Cc1c[c-]c(-n2[c-][n+](C)cc2)cc1.Cc1c[c-]c(-n2[c-][n+](C)cc2)cc1.Cc1c[c-]c(-n2[c-][n+](C)cc2)cc1.Cc1c[c-]c(-n2[c-][n+](C)cc2)cc1.[Ir].[Ir].c1ccc(-c2cnn[n-]2)nc1.c1ccc(-c2cnn[n-]2)nc1. The van der Waals surface area contributed by atoms with Gasteiger partial charge in [0.2, 0.25) is 25.3 Å². The zero-order chi connectivity index (χ0) is 52.1. The van der Waals surface area contributed by atoms with Crippen molar-refractivity contribution in [2.75, 3.05) is 0 Å². The number of pyridine rings is 2. The predicted molar refractivity (Wildman–Crippen MR) is 281 cm³/mol. The van der Waals surface area contributed by atoms with E-state index < -0.39 is 0 Å². The van der Waals surface area contributed by atoms with Crippen LogP contribution in [0.25, 0.3) is 45.5 Å². The number of rotatable bonds is 6. The molecule has 0 atom stereocenters. The van der Waals surface area contributed by atoms with Crippen molar-refractivity contribution >= 4 is 0 Å². The fourth-order valence-corrected chi connectivity index (χ4v) is 6.35. The number of aryl methyl sites for hydroxylation is 8. The molecular weight excluding hydrogens is 1320 g/mol. The first-order chi connectivity index (χ1) is 35.9. The Morgan fingerprint density at radius 1 is 0.403 bits per heavy atom. The molecule has 8 aromatic heterocycles. The summed E-state index contributed by atoms with van der Waals surface area (Å²) in [5.74, 6) is 0. The zero-order valence-corrected chi connectivity index (χ0v) is 47.9. The van der Waals surface area contributed by atoms with Gasteiger partial charge in [0.1, 0.15) is 0 Å². The van der Waals surface area contributed by atoms with E-state index in [-0.39, 0.29) is 47.6 Å². The molecule has 0 unspecified atom stereocenters. The first-order valence-electron chi connectivity index (χ1n) is 23.2. The van der Waals surface area contributed by atoms with Gasteiger partial charge < -0.3 is 56.9 Å². The molecule has 8 heterocycles. The number of hydrogen-bond donors (Lipinski definition) is 0. The molecule has 0 aliphatic rings. The molecule has 16 nitrogen and oxygen atoms in total. The topological polar surface area (TPSA) is 141 Å². The summed E-state index contributed by atoms with van der Waals surface area (Å²) < 4.78 is 15.2. The van der Waals surface area contributed by atoms with E-state index in [1.165, 1.54) is 22.3 Å². The van der Waals surface area contributed by atoms with Gasteiger partial charge in [-0.3, -0.25) is 20.4 Å². The minimum Gasteiger partial charge on any atom is -0.358 e. The van der Waals surface area contributed by atoms with Gasteiger partial charge in [0, 0.05) is 102 Å². The van der Waals surface area contributed by atoms with Crippen molar-refractivity contribution in [2.45, 2.75) is 35.1 Å². The van der Waals surface area contributed by atoms with Gasteiger partial charge in [-0.1, -0.05) is 82.4 Å². The Bertz CT molecular complexity index is 3040. The van der Waals surface area contributed by atoms with E-state index in [1.54, 1.807) is 24.8 Å². The zero-order valence-electron chi connectivity index (χ0n) is 43.1. The van der Waals surface area contributed by atoms with Crippen molar-refractivity contribution < 1.29 is 58.5 Å². The molecule has 77 heavy (non-hydrogen) atoms. The molecular formula is C59H58Ir2N16-6. The van der Waals surface area contributed by atoms with Gasteiger partial charge in [0.25, 0.3) is 0 Å². The molecule has 0 aliphatic heterocycles. The molecule has 0 fully saturated rings. The van der Waals surface area contributed by atoms with Gasteiger partial charge in [-0.2, -0.15) is 119 Å². The van der Waals surface area contributed by atoms with E-state index in [2.05, 4.69) is 142 Å². The molecule has 0 amide bonds. The second-order valence-electron chi connectivity index (χ2n) is 16.6. The van der Waals surface area contributed by atoms with Gasteiger partial charge in [-0.25, -0.2) is 0 Å². The summed E-state index contributed by atoms with van der Waals surface area (Å²) in [5.41, 5.74) is 12.0. The Hall–Kier alpha value is -8.40. The molecule has 0 bridgehead atoms. The molecule has 2 radical (unpaired) electrons. The van der Waals surface area contributed by atoms with Crippen molar-refractivity contribution in [1.29, 1.82) is 0 Å². The van der Waals surface area contributed by atoms with E-state index >= 15 is 0 Å². The van der Waals surface area contributed by atoms with Gasteiger partial charge >= 0.3 is 0 Å². The van der Waals surface area contributed by atoms with Crippen molar-refractivity contribution in [3.05, 3.63) is 255 Å². The maximum Gasteiger partial charge on any atom is 0.241 e. The number of hydrogen-bond acceptors (Lipinski definition) is 6. The van der Waals surface area contributed by atoms with Crippen molar-refractivity contribution in [2.24, 2.45) is 28.2 Å².